The second-order valence-electron chi connectivity index (χ2n) is 3.43. The fraction of sp³-hybridized carbons (Fsp3) is 0.667. The molecule has 1 heterocycles. The van der Waals surface area contributed by atoms with Gasteiger partial charge in [-0.05, 0) is 18.8 Å². The summed E-state index contributed by atoms with van der Waals surface area (Å²) in [5, 5.41) is 3.98. The molecule has 13 heavy (non-hydrogen) atoms. The first kappa shape index (κ1) is 8.56. The van der Waals surface area contributed by atoms with Crippen LogP contribution in [0.2, 0.25) is 0 Å². The van der Waals surface area contributed by atoms with Crippen molar-refractivity contribution in [2.24, 2.45) is 13.0 Å². The quantitative estimate of drug-likeness (QED) is 0.507. The van der Waals surface area contributed by atoms with Crippen LogP contribution in [0.3, 0.4) is 0 Å². The van der Waals surface area contributed by atoms with Crippen LogP contribution in [-0.2, 0) is 11.8 Å². The van der Waals surface area contributed by atoms with Gasteiger partial charge in [0.05, 0.1) is 19.0 Å². The van der Waals surface area contributed by atoms with Gasteiger partial charge in [0, 0.05) is 7.05 Å². The first-order chi connectivity index (χ1) is 6.34. The first-order valence-corrected chi connectivity index (χ1v) is 4.54. The number of nitrogens with zero attached hydrogens (tertiary/aromatic N) is 2. The predicted molar refractivity (Wildman–Crippen MR) is 47.4 cm³/mol. The van der Waals surface area contributed by atoms with Crippen LogP contribution < -0.4 is 4.74 Å². The van der Waals surface area contributed by atoms with E-state index in [4.69, 9.17) is 9.47 Å². The lowest BCUT2D eigenvalue weighted by molar-refractivity contribution is 0.00994. The standard InChI is InChI=1S/C9H14N2O2/c1-11-5-9(4-10-11)13-7-12-6-8-2-3-8/h4-5,8H,2-3,6-7H2,1H3. The number of hydrogen-bond acceptors (Lipinski definition) is 3. The summed E-state index contributed by atoms with van der Waals surface area (Å²) in [5.74, 6) is 1.55. The number of rotatable bonds is 5. The van der Waals surface area contributed by atoms with E-state index in [2.05, 4.69) is 5.10 Å². The molecule has 1 aliphatic rings. The van der Waals surface area contributed by atoms with E-state index in [0.717, 1.165) is 18.3 Å². The van der Waals surface area contributed by atoms with Gasteiger partial charge in [0.25, 0.3) is 0 Å². The molecular weight excluding hydrogens is 168 g/mol. The molecule has 0 spiro atoms. The zero-order chi connectivity index (χ0) is 9.10. The summed E-state index contributed by atoms with van der Waals surface area (Å²) >= 11 is 0. The lowest BCUT2D eigenvalue weighted by atomic mass is 10.5. The van der Waals surface area contributed by atoms with Crippen LogP contribution in [0.15, 0.2) is 12.4 Å². The SMILES string of the molecule is Cn1cc(OCOCC2CC2)cn1. The number of hydrogen-bond donors (Lipinski definition) is 0. The molecule has 0 aliphatic heterocycles. The topological polar surface area (TPSA) is 36.3 Å². The van der Waals surface area contributed by atoms with Gasteiger partial charge in [-0.1, -0.05) is 0 Å². The summed E-state index contributed by atoms with van der Waals surface area (Å²) in [5.41, 5.74) is 0. The van der Waals surface area contributed by atoms with Crippen molar-refractivity contribution < 1.29 is 9.47 Å². The van der Waals surface area contributed by atoms with Crippen molar-refractivity contribution in [2.45, 2.75) is 12.8 Å². The summed E-state index contributed by atoms with van der Waals surface area (Å²) in [4.78, 5) is 0. The zero-order valence-electron chi connectivity index (χ0n) is 7.77. The predicted octanol–water partition coefficient (Wildman–Crippen LogP) is 1.18. The lowest BCUT2D eigenvalue weighted by Gasteiger charge is -2.03. The molecule has 2 rings (SSSR count). The van der Waals surface area contributed by atoms with Gasteiger partial charge in [0.2, 0.25) is 0 Å². The summed E-state index contributed by atoms with van der Waals surface area (Å²) in [6, 6.07) is 0. The van der Waals surface area contributed by atoms with E-state index in [-0.39, 0.29) is 0 Å². The highest BCUT2D eigenvalue weighted by Crippen LogP contribution is 2.28. The Morgan fingerprint density at radius 3 is 3.08 bits per heavy atom. The largest absolute Gasteiger partial charge is 0.464 e. The molecule has 0 radical (unpaired) electrons. The van der Waals surface area contributed by atoms with Gasteiger partial charge in [-0.2, -0.15) is 5.10 Å². The van der Waals surface area contributed by atoms with Crippen LogP contribution in [0.25, 0.3) is 0 Å². The summed E-state index contributed by atoms with van der Waals surface area (Å²) < 4.78 is 12.3. The van der Waals surface area contributed by atoms with Crippen LogP contribution in [0.4, 0.5) is 0 Å². The van der Waals surface area contributed by atoms with Gasteiger partial charge >= 0.3 is 0 Å². The normalized spacial score (nSPS) is 16.1. The molecule has 1 aromatic rings. The van der Waals surface area contributed by atoms with Gasteiger partial charge in [0.15, 0.2) is 12.5 Å². The van der Waals surface area contributed by atoms with Gasteiger partial charge in [0.1, 0.15) is 0 Å². The van der Waals surface area contributed by atoms with Crippen molar-refractivity contribution in [1.29, 1.82) is 0 Å². The van der Waals surface area contributed by atoms with Gasteiger partial charge in [-0.25, -0.2) is 0 Å². The molecular formula is C9H14N2O2. The summed E-state index contributed by atoms with van der Waals surface area (Å²) in [6.07, 6.45) is 6.13. The molecule has 4 nitrogen and oxygen atoms in total. The maximum Gasteiger partial charge on any atom is 0.189 e. The minimum Gasteiger partial charge on any atom is -0.464 e. The van der Waals surface area contributed by atoms with E-state index >= 15 is 0 Å². The van der Waals surface area contributed by atoms with Crippen molar-refractivity contribution in [3.05, 3.63) is 12.4 Å². The second-order valence-corrected chi connectivity index (χ2v) is 3.43. The Balaban J connectivity index is 1.61. The molecule has 4 heteroatoms. The van der Waals surface area contributed by atoms with E-state index in [1.54, 1.807) is 10.9 Å². The van der Waals surface area contributed by atoms with E-state index in [1.165, 1.54) is 12.8 Å². The van der Waals surface area contributed by atoms with Crippen molar-refractivity contribution in [3.8, 4) is 5.75 Å². The molecule has 1 aromatic heterocycles. The van der Waals surface area contributed by atoms with Gasteiger partial charge in [-0.15, -0.1) is 0 Å². The molecule has 1 saturated carbocycles. The molecule has 0 N–H and O–H groups in total. The fourth-order valence-electron chi connectivity index (χ4n) is 1.08. The van der Waals surface area contributed by atoms with Crippen molar-refractivity contribution in [3.63, 3.8) is 0 Å². The van der Waals surface area contributed by atoms with E-state index in [0.29, 0.717) is 6.79 Å². The zero-order valence-corrected chi connectivity index (χ0v) is 7.77. The number of aryl methyl sites for hydroxylation is 1. The van der Waals surface area contributed by atoms with Crippen molar-refractivity contribution >= 4 is 0 Å². The third-order valence-corrected chi connectivity index (χ3v) is 2.04. The minimum absolute atomic E-state index is 0.336. The Hall–Kier alpha value is -1.03. The van der Waals surface area contributed by atoms with Crippen LogP contribution >= 0.6 is 0 Å². The Kier molecular flexibility index (Phi) is 2.49. The highest BCUT2D eigenvalue weighted by atomic mass is 16.7. The van der Waals surface area contributed by atoms with Gasteiger partial charge in [-0.3, -0.25) is 4.68 Å². The minimum atomic E-state index is 0.336. The highest BCUT2D eigenvalue weighted by Gasteiger charge is 2.21. The second kappa shape index (κ2) is 3.79. The Labute approximate surface area is 77.4 Å². The average Bonchev–Trinajstić information content (AvgIpc) is 2.84. The van der Waals surface area contributed by atoms with Crippen molar-refractivity contribution in [1.82, 2.24) is 9.78 Å². The molecule has 0 unspecified atom stereocenters. The molecule has 0 bridgehead atoms. The van der Waals surface area contributed by atoms with Crippen LogP contribution in [0, 0.1) is 5.92 Å². The first-order valence-electron chi connectivity index (χ1n) is 4.54. The molecule has 0 atom stereocenters. The molecule has 1 fully saturated rings. The van der Waals surface area contributed by atoms with Gasteiger partial charge < -0.3 is 9.47 Å². The molecule has 0 saturated heterocycles. The summed E-state index contributed by atoms with van der Waals surface area (Å²) in [6.45, 7) is 1.17. The molecule has 72 valence electrons. The van der Waals surface area contributed by atoms with Crippen LogP contribution in [0.1, 0.15) is 12.8 Å². The summed E-state index contributed by atoms with van der Waals surface area (Å²) in [7, 11) is 1.86. The van der Waals surface area contributed by atoms with E-state index < -0.39 is 0 Å². The monoisotopic (exact) mass is 182 g/mol. The highest BCUT2D eigenvalue weighted by molar-refractivity contribution is 5.10. The maximum atomic E-state index is 5.31. The molecule has 0 aromatic carbocycles. The van der Waals surface area contributed by atoms with Crippen LogP contribution in [0.5, 0.6) is 5.75 Å². The Morgan fingerprint density at radius 1 is 1.62 bits per heavy atom. The fourth-order valence-corrected chi connectivity index (χ4v) is 1.08. The Bertz CT molecular complexity index is 268. The van der Waals surface area contributed by atoms with E-state index in [9.17, 15) is 0 Å². The molecule has 1 aliphatic carbocycles. The average molecular weight is 182 g/mol. The van der Waals surface area contributed by atoms with Crippen molar-refractivity contribution in [2.75, 3.05) is 13.4 Å². The lowest BCUT2D eigenvalue weighted by Crippen LogP contribution is -2.04. The number of ether oxygens (including phenoxy) is 2. The van der Waals surface area contributed by atoms with Crippen LogP contribution in [-0.4, -0.2) is 23.2 Å². The molecule has 0 amide bonds. The van der Waals surface area contributed by atoms with E-state index in [1.807, 2.05) is 13.2 Å². The third-order valence-electron chi connectivity index (χ3n) is 2.04. The third kappa shape index (κ3) is 2.73. The maximum absolute atomic E-state index is 5.31. The smallest absolute Gasteiger partial charge is 0.189 e. The number of aromatic nitrogens is 2. The Morgan fingerprint density at radius 2 is 2.46 bits per heavy atom.